The summed E-state index contributed by atoms with van der Waals surface area (Å²) >= 11 is 0. The van der Waals surface area contributed by atoms with E-state index in [9.17, 15) is 13.2 Å². The van der Waals surface area contributed by atoms with Crippen LogP contribution in [-0.4, -0.2) is 40.4 Å². The molecule has 1 unspecified atom stereocenters. The van der Waals surface area contributed by atoms with Gasteiger partial charge in [0.15, 0.2) is 11.8 Å². The Labute approximate surface area is 167 Å². The summed E-state index contributed by atoms with van der Waals surface area (Å²) in [7, 11) is 1.61. The summed E-state index contributed by atoms with van der Waals surface area (Å²) in [6.45, 7) is 3.97. The van der Waals surface area contributed by atoms with Crippen molar-refractivity contribution < 1.29 is 17.9 Å². The lowest BCUT2D eigenvalue weighted by atomic mass is 10.1. The molecule has 29 heavy (non-hydrogen) atoms. The van der Waals surface area contributed by atoms with Crippen molar-refractivity contribution in [1.29, 1.82) is 0 Å². The molecule has 1 aliphatic heterocycles. The number of benzene rings is 1. The summed E-state index contributed by atoms with van der Waals surface area (Å²) < 4.78 is 45.0. The first-order chi connectivity index (χ1) is 13.9. The van der Waals surface area contributed by atoms with Crippen LogP contribution >= 0.6 is 0 Å². The van der Waals surface area contributed by atoms with Crippen molar-refractivity contribution >= 4 is 5.96 Å². The zero-order chi connectivity index (χ0) is 20.9. The van der Waals surface area contributed by atoms with E-state index < -0.39 is 11.7 Å². The summed E-state index contributed by atoms with van der Waals surface area (Å²) in [6.07, 6.45) is -2.65. The first-order valence-electron chi connectivity index (χ1n) is 9.51. The number of nitrogens with one attached hydrogen (secondary N) is 2. The van der Waals surface area contributed by atoms with Crippen molar-refractivity contribution in [3.63, 3.8) is 0 Å². The minimum atomic E-state index is -4.33. The first kappa shape index (κ1) is 21.1. The molecule has 158 valence electrons. The highest BCUT2D eigenvalue weighted by atomic mass is 19.4. The van der Waals surface area contributed by atoms with Crippen LogP contribution < -0.4 is 10.6 Å². The predicted molar refractivity (Wildman–Crippen MR) is 102 cm³/mol. The lowest BCUT2D eigenvalue weighted by molar-refractivity contribution is -0.137. The topological polar surface area (TPSA) is 76.4 Å². The van der Waals surface area contributed by atoms with Crippen LogP contribution in [0, 0.1) is 0 Å². The second kappa shape index (κ2) is 9.25. The van der Waals surface area contributed by atoms with E-state index in [0.717, 1.165) is 30.8 Å². The van der Waals surface area contributed by atoms with E-state index in [1.54, 1.807) is 7.11 Å². The molecule has 1 aromatic carbocycles. The lowest BCUT2D eigenvalue weighted by Gasteiger charge is -2.25. The van der Waals surface area contributed by atoms with E-state index in [-0.39, 0.29) is 12.6 Å². The molecule has 1 aliphatic rings. The van der Waals surface area contributed by atoms with Crippen LogP contribution in [0.3, 0.4) is 0 Å². The van der Waals surface area contributed by atoms with Crippen molar-refractivity contribution in [2.24, 2.45) is 4.99 Å². The first-order valence-corrected chi connectivity index (χ1v) is 9.51. The number of ether oxygens (including phenoxy) is 1. The molecule has 0 fully saturated rings. The van der Waals surface area contributed by atoms with Gasteiger partial charge in [0.25, 0.3) is 0 Å². The molecule has 1 aromatic heterocycles. The number of alkyl halides is 3. The molecule has 0 bridgehead atoms. The third-order valence-corrected chi connectivity index (χ3v) is 4.56. The predicted octanol–water partition coefficient (Wildman–Crippen LogP) is 2.51. The Kier molecular flexibility index (Phi) is 6.73. The number of rotatable bonds is 6. The van der Waals surface area contributed by atoms with Gasteiger partial charge < -0.3 is 15.4 Å². The molecule has 2 aromatic rings. The van der Waals surface area contributed by atoms with Gasteiger partial charge in [-0.05, 0) is 31.0 Å². The molecule has 10 heteroatoms. The maximum absolute atomic E-state index is 12.7. The Morgan fingerprint density at radius 1 is 1.31 bits per heavy atom. The van der Waals surface area contributed by atoms with Crippen LogP contribution in [0.2, 0.25) is 0 Å². The summed E-state index contributed by atoms with van der Waals surface area (Å²) in [5, 5.41) is 11.0. The van der Waals surface area contributed by atoms with Gasteiger partial charge in [-0.2, -0.15) is 18.3 Å². The highest BCUT2D eigenvalue weighted by Crippen LogP contribution is 2.29. The normalized spacial score (nSPS) is 17.1. The Morgan fingerprint density at radius 3 is 2.72 bits per heavy atom. The summed E-state index contributed by atoms with van der Waals surface area (Å²) in [4.78, 5) is 8.97. The molecule has 0 radical (unpaired) electrons. The minimum Gasteiger partial charge on any atom is -0.377 e. The van der Waals surface area contributed by atoms with Gasteiger partial charge in [0.05, 0.1) is 18.7 Å². The molecule has 0 spiro atoms. The molecule has 1 atom stereocenters. The van der Waals surface area contributed by atoms with Crippen LogP contribution in [0.4, 0.5) is 13.2 Å². The van der Waals surface area contributed by atoms with Gasteiger partial charge in [0.2, 0.25) is 0 Å². The average Bonchev–Trinajstić information content (AvgIpc) is 3.08. The third kappa shape index (κ3) is 5.69. The average molecular weight is 410 g/mol. The number of aliphatic imine (C=N–C) groups is 1. The summed E-state index contributed by atoms with van der Waals surface area (Å²) in [6, 6.07) is 5.20. The summed E-state index contributed by atoms with van der Waals surface area (Å²) in [5.41, 5.74) is 0.0514. The van der Waals surface area contributed by atoms with Crippen LogP contribution in [0.15, 0.2) is 29.3 Å². The third-order valence-electron chi connectivity index (χ3n) is 4.56. The van der Waals surface area contributed by atoms with Crippen molar-refractivity contribution in [1.82, 2.24) is 25.4 Å². The number of nitrogens with zero attached hydrogens (tertiary/aromatic N) is 4. The molecule has 0 amide bonds. The Morgan fingerprint density at radius 2 is 2.07 bits per heavy atom. The van der Waals surface area contributed by atoms with E-state index in [0.29, 0.717) is 37.0 Å². The Balaban J connectivity index is 1.62. The smallest absolute Gasteiger partial charge is 0.377 e. The van der Waals surface area contributed by atoms with E-state index in [2.05, 4.69) is 25.7 Å². The molecule has 2 heterocycles. The van der Waals surface area contributed by atoms with Crippen LogP contribution in [0.25, 0.3) is 0 Å². The highest BCUT2D eigenvalue weighted by Gasteiger charge is 2.29. The van der Waals surface area contributed by atoms with Crippen molar-refractivity contribution in [2.75, 3.05) is 13.7 Å². The van der Waals surface area contributed by atoms with Crippen LogP contribution in [0.1, 0.15) is 36.1 Å². The van der Waals surface area contributed by atoms with Crippen molar-refractivity contribution in [3.05, 3.63) is 47.0 Å². The van der Waals surface area contributed by atoms with Crippen LogP contribution in [0.5, 0.6) is 0 Å². The molecular weight excluding hydrogens is 385 g/mol. The van der Waals surface area contributed by atoms with E-state index in [1.807, 2.05) is 11.6 Å². The number of aryl methyl sites for hydroxylation is 1. The zero-order valence-electron chi connectivity index (χ0n) is 16.5. The molecule has 0 aliphatic carbocycles. The minimum absolute atomic E-state index is 0.130. The maximum atomic E-state index is 12.7. The van der Waals surface area contributed by atoms with Crippen molar-refractivity contribution in [2.45, 2.75) is 51.7 Å². The van der Waals surface area contributed by atoms with Crippen LogP contribution in [-0.2, 0) is 37.0 Å². The molecule has 0 saturated heterocycles. The highest BCUT2D eigenvalue weighted by molar-refractivity contribution is 5.80. The van der Waals surface area contributed by atoms with Gasteiger partial charge in [-0.25, -0.2) is 14.7 Å². The zero-order valence-corrected chi connectivity index (χ0v) is 16.5. The number of halogens is 3. The largest absolute Gasteiger partial charge is 0.416 e. The van der Waals surface area contributed by atoms with Gasteiger partial charge in [-0.3, -0.25) is 0 Å². The van der Waals surface area contributed by atoms with E-state index in [4.69, 9.17) is 4.74 Å². The second-order valence-electron chi connectivity index (χ2n) is 6.83. The summed E-state index contributed by atoms with van der Waals surface area (Å²) in [5.74, 6) is 2.24. The van der Waals surface area contributed by atoms with Gasteiger partial charge in [0.1, 0.15) is 12.4 Å². The number of aromatic nitrogens is 3. The number of guanidine groups is 1. The fourth-order valence-electron chi connectivity index (χ4n) is 3.15. The molecule has 3 rings (SSSR count). The molecule has 7 nitrogen and oxygen atoms in total. The fraction of sp³-hybridized carbons (Fsp3) is 0.526. The number of methoxy groups -OCH3 is 1. The number of fused-ring (bicyclic) bond motifs is 1. The monoisotopic (exact) mass is 410 g/mol. The SMILES string of the molecule is CCNC(=NCc1ccc(C(F)(F)F)cc1)NC1CCc2nc(COC)nn2C1. The van der Waals surface area contributed by atoms with Gasteiger partial charge in [-0.1, -0.05) is 12.1 Å². The maximum Gasteiger partial charge on any atom is 0.416 e. The van der Waals surface area contributed by atoms with Crippen molar-refractivity contribution in [3.8, 4) is 0 Å². The molecule has 2 N–H and O–H groups in total. The van der Waals surface area contributed by atoms with Gasteiger partial charge >= 0.3 is 6.18 Å². The second-order valence-corrected chi connectivity index (χ2v) is 6.83. The lowest BCUT2D eigenvalue weighted by Crippen LogP contribution is -2.47. The molecular formula is C19H25F3N6O. The standard InChI is InChI=1S/C19H25F3N6O/c1-3-23-18(24-10-13-4-6-14(7-5-13)19(20,21)22)25-15-8-9-17-26-16(12-29-2)27-28(17)11-15/h4-7,15H,3,8-12H2,1-2H3,(H2,23,24,25). The van der Waals surface area contributed by atoms with E-state index in [1.165, 1.54) is 12.1 Å². The fourth-order valence-corrected chi connectivity index (χ4v) is 3.15. The molecule has 0 saturated carbocycles. The van der Waals surface area contributed by atoms with Gasteiger partial charge in [0, 0.05) is 26.1 Å². The Bertz CT molecular complexity index is 831. The van der Waals surface area contributed by atoms with E-state index >= 15 is 0 Å². The quantitative estimate of drug-likeness (QED) is 0.565. The number of hydrogen-bond donors (Lipinski definition) is 2. The Hall–Kier alpha value is -2.62. The number of hydrogen-bond acceptors (Lipinski definition) is 4. The van der Waals surface area contributed by atoms with Gasteiger partial charge in [-0.15, -0.1) is 0 Å².